The van der Waals surface area contributed by atoms with E-state index in [2.05, 4.69) is 10.3 Å². The Bertz CT molecular complexity index is 1160. The van der Waals surface area contributed by atoms with Gasteiger partial charge in [-0.15, -0.1) is 0 Å². The maximum atomic E-state index is 12.7. The van der Waals surface area contributed by atoms with Gasteiger partial charge < -0.3 is 14.6 Å². The van der Waals surface area contributed by atoms with Crippen LogP contribution in [0, 0.1) is 0 Å². The van der Waals surface area contributed by atoms with Crippen molar-refractivity contribution in [3.8, 4) is 11.4 Å². The van der Waals surface area contributed by atoms with E-state index in [1.807, 2.05) is 35.0 Å². The first kappa shape index (κ1) is 20.2. The van der Waals surface area contributed by atoms with E-state index in [1.165, 1.54) is 6.07 Å². The summed E-state index contributed by atoms with van der Waals surface area (Å²) in [6, 6.07) is 12.3. The van der Waals surface area contributed by atoms with Gasteiger partial charge in [-0.25, -0.2) is 13.4 Å². The summed E-state index contributed by atoms with van der Waals surface area (Å²) in [4.78, 5) is 16.7. The predicted octanol–water partition coefficient (Wildman–Crippen LogP) is 2.37. The molecule has 10 heteroatoms. The van der Waals surface area contributed by atoms with Crippen LogP contribution in [0.5, 0.6) is 5.75 Å². The van der Waals surface area contributed by atoms with Crippen molar-refractivity contribution in [3.05, 3.63) is 71.8 Å². The van der Waals surface area contributed by atoms with Gasteiger partial charge in [-0.05, 0) is 35.9 Å². The third kappa shape index (κ3) is 4.27. The van der Waals surface area contributed by atoms with Crippen LogP contribution in [-0.2, 0) is 21.4 Å². The van der Waals surface area contributed by atoms with E-state index in [0.29, 0.717) is 16.5 Å². The number of carbonyl (C=O) groups is 1. The summed E-state index contributed by atoms with van der Waals surface area (Å²) in [6.07, 6.45) is 5.36. The van der Waals surface area contributed by atoms with Crippen molar-refractivity contribution in [2.45, 2.75) is 12.6 Å². The molecule has 0 saturated carbocycles. The van der Waals surface area contributed by atoms with Crippen molar-refractivity contribution < 1.29 is 17.9 Å². The second kappa shape index (κ2) is 8.00. The molecule has 1 atom stereocenters. The number of hydrogen-bond acceptors (Lipinski definition) is 5. The highest BCUT2D eigenvalue weighted by Gasteiger charge is 2.35. The molecule has 2 heterocycles. The van der Waals surface area contributed by atoms with Crippen LogP contribution in [-0.4, -0.2) is 42.8 Å². The van der Waals surface area contributed by atoms with Gasteiger partial charge in [0.25, 0.3) is 5.91 Å². The molecule has 0 unspecified atom stereocenters. The summed E-state index contributed by atoms with van der Waals surface area (Å²) < 4.78 is 33.2. The molecule has 30 heavy (non-hydrogen) atoms. The van der Waals surface area contributed by atoms with Crippen LogP contribution in [0.2, 0.25) is 5.02 Å². The number of carbonyl (C=O) groups excluding carboxylic acids is 1. The summed E-state index contributed by atoms with van der Waals surface area (Å²) in [5.74, 6) is -0.108. The Morgan fingerprint density at radius 2 is 2.03 bits per heavy atom. The molecule has 3 aromatic rings. The minimum Gasteiger partial charge on any atom is -0.476 e. The van der Waals surface area contributed by atoms with E-state index in [9.17, 15) is 13.2 Å². The van der Waals surface area contributed by atoms with Gasteiger partial charge in [0, 0.05) is 29.6 Å². The predicted molar refractivity (Wildman–Crippen MR) is 113 cm³/mol. The highest BCUT2D eigenvalue weighted by atomic mass is 35.5. The van der Waals surface area contributed by atoms with E-state index in [0.717, 1.165) is 21.8 Å². The van der Waals surface area contributed by atoms with E-state index >= 15 is 0 Å². The monoisotopic (exact) mass is 446 g/mol. The minimum atomic E-state index is -3.61. The van der Waals surface area contributed by atoms with Crippen molar-refractivity contribution >= 4 is 33.2 Å². The number of halogens is 1. The van der Waals surface area contributed by atoms with Gasteiger partial charge in [-0.2, -0.15) is 0 Å². The maximum absolute atomic E-state index is 12.7. The molecular weight excluding hydrogens is 428 g/mol. The summed E-state index contributed by atoms with van der Waals surface area (Å²) in [5, 5.41) is 3.19. The number of anilines is 1. The molecule has 0 radical (unpaired) electrons. The second-order valence-corrected chi connectivity index (χ2v) is 9.21. The topological polar surface area (TPSA) is 93.5 Å². The number of nitrogens with zero attached hydrogens (tertiary/aromatic N) is 3. The van der Waals surface area contributed by atoms with Crippen molar-refractivity contribution in [2.75, 3.05) is 17.1 Å². The van der Waals surface area contributed by atoms with Crippen molar-refractivity contribution in [1.29, 1.82) is 0 Å². The first-order valence-corrected chi connectivity index (χ1v) is 11.3. The first-order chi connectivity index (χ1) is 14.3. The summed E-state index contributed by atoms with van der Waals surface area (Å²) in [6.45, 7) is 0.160. The molecule has 0 bridgehead atoms. The number of amides is 1. The molecular formula is C20H19ClN4O4S. The summed E-state index contributed by atoms with van der Waals surface area (Å²) in [7, 11) is -3.61. The number of sulfonamides is 1. The highest BCUT2D eigenvalue weighted by Crippen LogP contribution is 2.37. The van der Waals surface area contributed by atoms with Crippen LogP contribution in [0.25, 0.3) is 5.69 Å². The van der Waals surface area contributed by atoms with Crippen LogP contribution in [0.3, 0.4) is 0 Å². The smallest absolute Gasteiger partial charge is 0.263 e. The number of nitrogens with one attached hydrogen (secondary N) is 1. The molecule has 156 valence electrons. The SMILES string of the molecule is CS(=O)(=O)N1C[C@@H](C(=O)NCc2ccc(-n3ccnc3)cc2)Oc2ccc(Cl)cc21. The van der Waals surface area contributed by atoms with E-state index in [1.54, 1.807) is 24.7 Å². The van der Waals surface area contributed by atoms with Crippen molar-refractivity contribution in [1.82, 2.24) is 14.9 Å². The van der Waals surface area contributed by atoms with Gasteiger partial charge >= 0.3 is 0 Å². The van der Waals surface area contributed by atoms with Crippen LogP contribution in [0.4, 0.5) is 5.69 Å². The minimum absolute atomic E-state index is 0.127. The number of hydrogen-bond donors (Lipinski definition) is 1. The molecule has 1 aliphatic heterocycles. The first-order valence-electron chi connectivity index (χ1n) is 9.10. The molecule has 1 amide bonds. The Hall–Kier alpha value is -3.04. The number of aromatic nitrogens is 2. The van der Waals surface area contributed by atoms with Gasteiger partial charge in [-0.3, -0.25) is 9.10 Å². The molecule has 0 saturated heterocycles. The zero-order chi connectivity index (χ0) is 21.3. The molecule has 2 aromatic carbocycles. The molecule has 1 aliphatic rings. The Morgan fingerprint density at radius 3 is 2.70 bits per heavy atom. The lowest BCUT2D eigenvalue weighted by molar-refractivity contribution is -0.127. The lowest BCUT2D eigenvalue weighted by atomic mass is 10.2. The van der Waals surface area contributed by atoms with Gasteiger partial charge in [0.1, 0.15) is 5.75 Å². The lowest BCUT2D eigenvalue weighted by Gasteiger charge is -2.34. The van der Waals surface area contributed by atoms with E-state index < -0.39 is 22.0 Å². The molecule has 4 rings (SSSR count). The Balaban J connectivity index is 1.45. The number of fused-ring (bicyclic) bond motifs is 1. The standard InChI is InChI=1S/C20H19ClN4O4S/c1-30(27,28)25-12-19(29-18-7-4-15(21)10-17(18)25)20(26)23-11-14-2-5-16(6-3-14)24-9-8-22-13-24/h2-10,13,19H,11-12H2,1H3,(H,23,26)/t19-/m0/s1. The molecule has 0 spiro atoms. The van der Waals surface area contributed by atoms with Gasteiger partial charge in [-0.1, -0.05) is 23.7 Å². The Morgan fingerprint density at radius 1 is 1.27 bits per heavy atom. The fourth-order valence-corrected chi connectivity index (χ4v) is 4.25. The average molecular weight is 447 g/mol. The fraction of sp³-hybridized carbons (Fsp3) is 0.200. The zero-order valence-electron chi connectivity index (χ0n) is 16.0. The van der Waals surface area contributed by atoms with E-state index in [4.69, 9.17) is 16.3 Å². The largest absolute Gasteiger partial charge is 0.476 e. The summed E-state index contributed by atoms with van der Waals surface area (Å²) in [5.41, 5.74) is 2.18. The van der Waals surface area contributed by atoms with Crippen LogP contribution >= 0.6 is 11.6 Å². The Kier molecular flexibility index (Phi) is 5.40. The van der Waals surface area contributed by atoms with Crippen molar-refractivity contribution in [2.24, 2.45) is 0 Å². The maximum Gasteiger partial charge on any atom is 0.263 e. The summed E-state index contributed by atoms with van der Waals surface area (Å²) >= 11 is 5.99. The van der Waals surface area contributed by atoms with Gasteiger partial charge in [0.2, 0.25) is 10.0 Å². The zero-order valence-corrected chi connectivity index (χ0v) is 17.6. The molecule has 8 nitrogen and oxygen atoms in total. The molecule has 0 aliphatic carbocycles. The normalized spacial score (nSPS) is 15.9. The van der Waals surface area contributed by atoms with Crippen LogP contribution in [0.1, 0.15) is 5.56 Å². The van der Waals surface area contributed by atoms with Crippen molar-refractivity contribution in [3.63, 3.8) is 0 Å². The van der Waals surface area contributed by atoms with E-state index in [-0.39, 0.29) is 13.1 Å². The van der Waals surface area contributed by atoms with Crippen LogP contribution in [0.15, 0.2) is 61.2 Å². The molecule has 1 aromatic heterocycles. The Labute approximate surface area is 179 Å². The fourth-order valence-electron chi connectivity index (χ4n) is 3.18. The number of imidazole rings is 1. The lowest BCUT2D eigenvalue weighted by Crippen LogP contribution is -2.50. The third-order valence-corrected chi connectivity index (χ3v) is 6.07. The molecule has 0 fully saturated rings. The van der Waals surface area contributed by atoms with Gasteiger partial charge in [0.15, 0.2) is 6.10 Å². The van der Waals surface area contributed by atoms with Gasteiger partial charge in [0.05, 0.1) is 24.8 Å². The molecule has 1 N–H and O–H groups in total. The average Bonchev–Trinajstić information content (AvgIpc) is 3.25. The van der Waals surface area contributed by atoms with Crippen LogP contribution < -0.4 is 14.4 Å². The quantitative estimate of drug-likeness (QED) is 0.649. The number of benzene rings is 2. The number of rotatable bonds is 5. The number of ether oxygens (including phenoxy) is 1. The second-order valence-electron chi connectivity index (χ2n) is 6.87. The third-order valence-electron chi connectivity index (χ3n) is 4.69. The highest BCUT2D eigenvalue weighted by molar-refractivity contribution is 7.92.